The molecule has 1 unspecified atom stereocenters. The Morgan fingerprint density at radius 2 is 2.00 bits per heavy atom. The summed E-state index contributed by atoms with van der Waals surface area (Å²) in [6.07, 6.45) is 2.04. The van der Waals surface area contributed by atoms with Crippen molar-refractivity contribution in [2.75, 3.05) is 6.54 Å². The molecular formula is C15H20N2S. The van der Waals surface area contributed by atoms with E-state index in [0.717, 1.165) is 17.1 Å². The molecule has 1 aromatic heterocycles. The first-order valence-electron chi connectivity index (χ1n) is 6.49. The van der Waals surface area contributed by atoms with Gasteiger partial charge in [0.05, 0.1) is 5.69 Å². The summed E-state index contributed by atoms with van der Waals surface area (Å²) in [5, 5.41) is 3.19. The third-order valence-electron chi connectivity index (χ3n) is 3.29. The summed E-state index contributed by atoms with van der Waals surface area (Å²) in [6.45, 7) is 5.15. The fourth-order valence-corrected chi connectivity index (χ4v) is 2.75. The first-order chi connectivity index (χ1) is 8.74. The summed E-state index contributed by atoms with van der Waals surface area (Å²) in [7, 11) is 0. The number of nitrogens with zero attached hydrogens (tertiary/aromatic N) is 1. The zero-order chi connectivity index (χ0) is 13.0. The lowest BCUT2D eigenvalue weighted by atomic mass is 9.98. The van der Waals surface area contributed by atoms with Gasteiger partial charge in [0.2, 0.25) is 0 Å². The number of hydrogen-bond donors (Lipinski definition) is 1. The quantitative estimate of drug-likeness (QED) is 0.887. The second kappa shape index (κ2) is 6.12. The second-order valence-electron chi connectivity index (χ2n) is 4.61. The zero-order valence-corrected chi connectivity index (χ0v) is 11.8. The van der Waals surface area contributed by atoms with Crippen LogP contribution in [0.15, 0.2) is 29.6 Å². The number of rotatable bonds is 5. The lowest BCUT2D eigenvalue weighted by Gasteiger charge is -2.08. The fourth-order valence-electron chi connectivity index (χ4n) is 1.89. The van der Waals surface area contributed by atoms with Crippen LogP contribution in [0, 0.1) is 0 Å². The molecule has 0 amide bonds. The molecule has 1 aromatic carbocycles. The summed E-state index contributed by atoms with van der Waals surface area (Å²) in [5.41, 5.74) is 9.25. The summed E-state index contributed by atoms with van der Waals surface area (Å²) >= 11 is 1.70. The molecule has 0 fully saturated rings. The minimum atomic E-state index is 0.628. The van der Waals surface area contributed by atoms with E-state index in [9.17, 15) is 0 Å². The molecule has 0 aliphatic carbocycles. The average Bonchev–Trinajstić information content (AvgIpc) is 2.87. The van der Waals surface area contributed by atoms with E-state index in [4.69, 9.17) is 5.73 Å². The molecule has 0 saturated heterocycles. The minimum absolute atomic E-state index is 0.628. The highest BCUT2D eigenvalue weighted by molar-refractivity contribution is 7.13. The van der Waals surface area contributed by atoms with Gasteiger partial charge >= 0.3 is 0 Å². The standard InChI is InChI=1S/C15H20N2S/c1-3-11(2)12-4-6-13(7-5-12)15-17-14(8-9-16)10-18-15/h4-7,10-11H,3,8-9,16H2,1-2H3. The maximum absolute atomic E-state index is 5.54. The van der Waals surface area contributed by atoms with E-state index in [1.54, 1.807) is 11.3 Å². The number of thiazole rings is 1. The van der Waals surface area contributed by atoms with Gasteiger partial charge in [-0.3, -0.25) is 0 Å². The van der Waals surface area contributed by atoms with Gasteiger partial charge in [-0.15, -0.1) is 11.3 Å². The average molecular weight is 260 g/mol. The Balaban J connectivity index is 2.17. The van der Waals surface area contributed by atoms with Crippen LogP contribution in [0.1, 0.15) is 37.4 Å². The Morgan fingerprint density at radius 3 is 2.61 bits per heavy atom. The maximum Gasteiger partial charge on any atom is 0.123 e. The minimum Gasteiger partial charge on any atom is -0.330 e. The van der Waals surface area contributed by atoms with Gasteiger partial charge in [0.1, 0.15) is 5.01 Å². The lowest BCUT2D eigenvalue weighted by molar-refractivity contribution is 0.734. The van der Waals surface area contributed by atoms with E-state index in [1.165, 1.54) is 17.5 Å². The molecule has 2 nitrogen and oxygen atoms in total. The van der Waals surface area contributed by atoms with Crippen LogP contribution in [0.25, 0.3) is 10.6 Å². The smallest absolute Gasteiger partial charge is 0.123 e. The van der Waals surface area contributed by atoms with Gasteiger partial charge in [0.25, 0.3) is 0 Å². The highest BCUT2D eigenvalue weighted by Crippen LogP contribution is 2.26. The van der Waals surface area contributed by atoms with Crippen LogP contribution in [0.3, 0.4) is 0 Å². The third kappa shape index (κ3) is 2.98. The van der Waals surface area contributed by atoms with E-state index < -0.39 is 0 Å². The van der Waals surface area contributed by atoms with Crippen LogP contribution in [0.5, 0.6) is 0 Å². The predicted molar refractivity (Wildman–Crippen MR) is 79.0 cm³/mol. The van der Waals surface area contributed by atoms with Gasteiger partial charge in [0.15, 0.2) is 0 Å². The van der Waals surface area contributed by atoms with Gasteiger partial charge in [-0.05, 0) is 24.4 Å². The van der Waals surface area contributed by atoms with Gasteiger partial charge in [-0.25, -0.2) is 4.98 Å². The van der Waals surface area contributed by atoms with Crippen molar-refractivity contribution in [1.29, 1.82) is 0 Å². The van der Waals surface area contributed by atoms with Crippen molar-refractivity contribution >= 4 is 11.3 Å². The van der Waals surface area contributed by atoms with Crippen molar-refractivity contribution in [1.82, 2.24) is 4.98 Å². The van der Waals surface area contributed by atoms with Crippen molar-refractivity contribution in [3.05, 3.63) is 40.9 Å². The molecule has 0 radical (unpaired) electrons. The summed E-state index contributed by atoms with van der Waals surface area (Å²) < 4.78 is 0. The first kappa shape index (κ1) is 13.2. The van der Waals surface area contributed by atoms with Crippen LogP contribution < -0.4 is 5.73 Å². The molecule has 0 saturated carbocycles. The molecule has 2 aromatic rings. The van der Waals surface area contributed by atoms with Crippen molar-refractivity contribution in [3.8, 4) is 10.6 Å². The molecule has 2 rings (SSSR count). The monoisotopic (exact) mass is 260 g/mol. The molecule has 3 heteroatoms. The SMILES string of the molecule is CCC(C)c1ccc(-c2nc(CCN)cs2)cc1. The summed E-state index contributed by atoms with van der Waals surface area (Å²) in [4.78, 5) is 4.60. The van der Waals surface area contributed by atoms with Crippen molar-refractivity contribution in [3.63, 3.8) is 0 Å². The van der Waals surface area contributed by atoms with E-state index in [0.29, 0.717) is 12.5 Å². The Morgan fingerprint density at radius 1 is 1.28 bits per heavy atom. The van der Waals surface area contributed by atoms with E-state index in [1.807, 2.05) is 0 Å². The van der Waals surface area contributed by atoms with Gasteiger partial charge in [-0.1, -0.05) is 38.1 Å². The molecule has 0 bridgehead atoms. The molecule has 1 heterocycles. The van der Waals surface area contributed by atoms with Crippen LogP contribution in [0.4, 0.5) is 0 Å². The number of nitrogens with two attached hydrogens (primary N) is 1. The topological polar surface area (TPSA) is 38.9 Å². The van der Waals surface area contributed by atoms with Crippen LogP contribution >= 0.6 is 11.3 Å². The maximum atomic E-state index is 5.54. The molecular weight excluding hydrogens is 240 g/mol. The van der Waals surface area contributed by atoms with Crippen LogP contribution in [-0.4, -0.2) is 11.5 Å². The molecule has 0 aliphatic heterocycles. The Kier molecular flexibility index (Phi) is 4.50. The van der Waals surface area contributed by atoms with Crippen LogP contribution in [-0.2, 0) is 6.42 Å². The summed E-state index contributed by atoms with van der Waals surface area (Å²) in [6, 6.07) is 8.78. The second-order valence-corrected chi connectivity index (χ2v) is 5.47. The Labute approximate surface area is 113 Å². The highest BCUT2D eigenvalue weighted by atomic mass is 32.1. The number of aromatic nitrogens is 1. The van der Waals surface area contributed by atoms with E-state index in [2.05, 4.69) is 48.5 Å². The number of hydrogen-bond acceptors (Lipinski definition) is 3. The first-order valence-corrected chi connectivity index (χ1v) is 7.37. The van der Waals surface area contributed by atoms with Crippen LogP contribution in [0.2, 0.25) is 0 Å². The molecule has 96 valence electrons. The Hall–Kier alpha value is -1.19. The fraction of sp³-hybridized carbons (Fsp3) is 0.400. The highest BCUT2D eigenvalue weighted by Gasteiger charge is 2.06. The largest absolute Gasteiger partial charge is 0.330 e. The van der Waals surface area contributed by atoms with Crippen molar-refractivity contribution < 1.29 is 0 Å². The van der Waals surface area contributed by atoms with E-state index in [-0.39, 0.29) is 0 Å². The molecule has 2 N–H and O–H groups in total. The Bertz CT molecular complexity index is 487. The van der Waals surface area contributed by atoms with Crippen molar-refractivity contribution in [2.24, 2.45) is 5.73 Å². The third-order valence-corrected chi connectivity index (χ3v) is 4.23. The van der Waals surface area contributed by atoms with E-state index >= 15 is 0 Å². The number of benzene rings is 1. The normalized spacial score (nSPS) is 12.6. The lowest BCUT2D eigenvalue weighted by Crippen LogP contribution is -2.02. The molecule has 1 atom stereocenters. The van der Waals surface area contributed by atoms with Gasteiger partial charge < -0.3 is 5.73 Å². The molecule has 0 aliphatic rings. The van der Waals surface area contributed by atoms with Crippen molar-refractivity contribution in [2.45, 2.75) is 32.6 Å². The molecule has 0 spiro atoms. The summed E-state index contributed by atoms with van der Waals surface area (Å²) in [5.74, 6) is 0.628. The van der Waals surface area contributed by atoms with Gasteiger partial charge in [-0.2, -0.15) is 0 Å². The predicted octanol–water partition coefficient (Wildman–Crippen LogP) is 3.82. The molecule has 18 heavy (non-hydrogen) atoms. The zero-order valence-electron chi connectivity index (χ0n) is 11.0. The van der Waals surface area contributed by atoms with Gasteiger partial charge in [0, 0.05) is 17.4 Å².